The summed E-state index contributed by atoms with van der Waals surface area (Å²) in [6.07, 6.45) is 0. The van der Waals surface area contributed by atoms with Crippen molar-refractivity contribution in [2.24, 2.45) is 0 Å². The van der Waals surface area contributed by atoms with Gasteiger partial charge in [-0.05, 0) is 25.6 Å². The van der Waals surface area contributed by atoms with Crippen LogP contribution in [0.4, 0.5) is 0 Å². The van der Waals surface area contributed by atoms with E-state index >= 15 is 0 Å². The van der Waals surface area contributed by atoms with Gasteiger partial charge in [0.1, 0.15) is 9.68 Å². The molecular formula is C11H18NSi. The molecule has 2 heteroatoms. The van der Waals surface area contributed by atoms with Crippen LogP contribution >= 0.6 is 0 Å². The van der Waals surface area contributed by atoms with Crippen LogP contribution in [0.3, 0.4) is 0 Å². The maximum atomic E-state index is 4.01. The van der Waals surface area contributed by atoms with Crippen molar-refractivity contribution < 1.29 is 0 Å². The minimum atomic E-state index is -0.308. The van der Waals surface area contributed by atoms with Crippen molar-refractivity contribution in [3.8, 4) is 0 Å². The van der Waals surface area contributed by atoms with Gasteiger partial charge >= 0.3 is 0 Å². The molecule has 1 rings (SSSR count). The second kappa shape index (κ2) is 4.58. The average Bonchev–Trinajstić information content (AvgIpc) is 2.02. The summed E-state index contributed by atoms with van der Waals surface area (Å²) >= 11 is 0. The van der Waals surface area contributed by atoms with E-state index in [1.54, 1.807) is 0 Å². The van der Waals surface area contributed by atoms with Gasteiger partial charge in [0.15, 0.2) is 0 Å². The first-order valence-corrected chi connectivity index (χ1v) is 6.08. The van der Waals surface area contributed by atoms with Gasteiger partial charge in [0.05, 0.1) is 0 Å². The van der Waals surface area contributed by atoms with Crippen molar-refractivity contribution >= 4 is 14.9 Å². The Morgan fingerprint density at radius 1 is 1.23 bits per heavy atom. The molecule has 0 saturated carbocycles. The summed E-state index contributed by atoms with van der Waals surface area (Å²) in [5.74, 6) is 0. The molecule has 0 aliphatic heterocycles. The van der Waals surface area contributed by atoms with Crippen LogP contribution in [-0.2, 0) is 0 Å². The Kier molecular flexibility index (Phi) is 3.69. The molecule has 0 aliphatic carbocycles. The van der Waals surface area contributed by atoms with E-state index in [4.69, 9.17) is 0 Å². The second-order valence-electron chi connectivity index (χ2n) is 3.64. The topological polar surface area (TPSA) is 3.24 Å². The summed E-state index contributed by atoms with van der Waals surface area (Å²) in [5.41, 5.74) is 2.74. The Morgan fingerprint density at radius 2 is 1.77 bits per heavy atom. The summed E-state index contributed by atoms with van der Waals surface area (Å²) < 4.78 is 2.20. The predicted molar refractivity (Wildman–Crippen MR) is 61.8 cm³/mol. The normalized spacial score (nSPS) is 11.8. The molecule has 0 aliphatic rings. The Bertz CT molecular complexity index is 263. The molecule has 0 fully saturated rings. The fraction of sp³-hybridized carbons (Fsp3) is 0.364. The van der Waals surface area contributed by atoms with Crippen LogP contribution in [0.1, 0.15) is 18.1 Å². The Balaban J connectivity index is 2.77. The van der Waals surface area contributed by atoms with E-state index in [1.165, 1.54) is 16.3 Å². The molecule has 0 N–H and O–H groups in total. The lowest BCUT2D eigenvalue weighted by Crippen LogP contribution is -2.31. The number of aryl methyl sites for hydroxylation is 2. The quantitative estimate of drug-likeness (QED) is 0.649. The largest absolute Gasteiger partial charge is 0.324 e. The van der Waals surface area contributed by atoms with E-state index in [0.717, 1.165) is 6.54 Å². The van der Waals surface area contributed by atoms with Crippen LogP contribution in [-0.4, -0.2) is 20.8 Å². The van der Waals surface area contributed by atoms with Gasteiger partial charge in [0.2, 0.25) is 0 Å². The van der Waals surface area contributed by atoms with Crippen molar-refractivity contribution in [2.75, 3.05) is 6.54 Å². The predicted octanol–water partition coefficient (Wildman–Crippen LogP) is 1.13. The highest BCUT2D eigenvalue weighted by molar-refractivity contribution is 6.50. The van der Waals surface area contributed by atoms with Crippen molar-refractivity contribution in [3.63, 3.8) is 0 Å². The van der Waals surface area contributed by atoms with Gasteiger partial charge < -0.3 is 4.57 Å². The van der Waals surface area contributed by atoms with Gasteiger partial charge in [0.25, 0.3) is 0 Å². The first-order valence-electron chi connectivity index (χ1n) is 4.74. The van der Waals surface area contributed by atoms with E-state index in [9.17, 15) is 0 Å². The summed E-state index contributed by atoms with van der Waals surface area (Å²) in [7, 11) is 3.70. The SMILES string of the molecule is [CH2]N(CC)[SiH2]c1cc(C)cc(C)c1. The first kappa shape index (κ1) is 10.5. The number of nitrogens with zero attached hydrogens (tertiary/aromatic N) is 1. The van der Waals surface area contributed by atoms with Gasteiger partial charge in [-0.1, -0.05) is 36.2 Å². The van der Waals surface area contributed by atoms with Gasteiger partial charge in [-0.3, -0.25) is 0 Å². The van der Waals surface area contributed by atoms with Gasteiger partial charge in [-0.25, -0.2) is 0 Å². The molecule has 0 unspecified atom stereocenters. The molecule has 1 aromatic carbocycles. The number of benzene rings is 1. The zero-order valence-corrected chi connectivity index (χ0v) is 10.2. The van der Waals surface area contributed by atoms with Crippen molar-refractivity contribution in [1.82, 2.24) is 4.57 Å². The van der Waals surface area contributed by atoms with Crippen LogP contribution < -0.4 is 5.19 Å². The molecule has 1 nitrogen and oxygen atoms in total. The zero-order chi connectivity index (χ0) is 9.84. The third kappa shape index (κ3) is 3.33. The lowest BCUT2D eigenvalue weighted by atomic mass is 10.2. The van der Waals surface area contributed by atoms with E-state index in [0.29, 0.717) is 0 Å². The van der Waals surface area contributed by atoms with E-state index in [-0.39, 0.29) is 9.68 Å². The third-order valence-corrected chi connectivity index (χ3v) is 3.80. The first-order chi connectivity index (χ1) is 6.11. The molecule has 0 amide bonds. The van der Waals surface area contributed by atoms with Crippen LogP contribution in [0.25, 0.3) is 0 Å². The smallest absolute Gasteiger partial charge is 0.127 e. The van der Waals surface area contributed by atoms with Crippen molar-refractivity contribution in [1.29, 1.82) is 0 Å². The minimum absolute atomic E-state index is 0.308. The molecular weight excluding hydrogens is 174 g/mol. The van der Waals surface area contributed by atoms with E-state index in [1.807, 2.05) is 0 Å². The summed E-state index contributed by atoms with van der Waals surface area (Å²) in [4.78, 5) is 0. The summed E-state index contributed by atoms with van der Waals surface area (Å²) in [6.45, 7) is 7.52. The van der Waals surface area contributed by atoms with Crippen LogP contribution in [0.5, 0.6) is 0 Å². The van der Waals surface area contributed by atoms with Crippen LogP contribution in [0.15, 0.2) is 18.2 Å². The number of rotatable bonds is 3. The highest BCUT2D eigenvalue weighted by atomic mass is 28.2. The number of hydrogen-bond acceptors (Lipinski definition) is 1. The van der Waals surface area contributed by atoms with Gasteiger partial charge in [0, 0.05) is 7.05 Å². The molecule has 0 bridgehead atoms. The fourth-order valence-electron chi connectivity index (χ4n) is 1.53. The molecule has 1 radical (unpaired) electrons. The molecule has 71 valence electrons. The molecule has 0 aromatic heterocycles. The molecule has 0 atom stereocenters. The summed E-state index contributed by atoms with van der Waals surface area (Å²) in [6, 6.07) is 6.79. The minimum Gasteiger partial charge on any atom is -0.324 e. The monoisotopic (exact) mass is 192 g/mol. The van der Waals surface area contributed by atoms with Gasteiger partial charge in [-0.15, -0.1) is 0 Å². The maximum Gasteiger partial charge on any atom is 0.127 e. The Labute approximate surface area is 83.7 Å². The molecule has 0 spiro atoms. The van der Waals surface area contributed by atoms with E-state index < -0.39 is 0 Å². The maximum absolute atomic E-state index is 4.01. The third-order valence-electron chi connectivity index (χ3n) is 2.13. The second-order valence-corrected chi connectivity index (χ2v) is 5.67. The van der Waals surface area contributed by atoms with Crippen molar-refractivity contribution in [3.05, 3.63) is 36.4 Å². The molecule has 0 saturated heterocycles. The highest BCUT2D eigenvalue weighted by Crippen LogP contribution is 1.99. The van der Waals surface area contributed by atoms with Crippen LogP contribution in [0.2, 0.25) is 0 Å². The van der Waals surface area contributed by atoms with E-state index in [2.05, 4.69) is 50.6 Å². The standard InChI is InChI=1S/C11H18NSi/c1-5-12(4)13-11-7-9(2)6-10(3)8-11/h6-8H,4-5,13H2,1-3H3. The molecule has 0 heterocycles. The number of hydrogen-bond donors (Lipinski definition) is 0. The molecule has 13 heavy (non-hydrogen) atoms. The average molecular weight is 192 g/mol. The van der Waals surface area contributed by atoms with Crippen LogP contribution in [0, 0.1) is 20.9 Å². The fourth-order valence-corrected chi connectivity index (χ4v) is 3.10. The Hall–Kier alpha value is -0.603. The van der Waals surface area contributed by atoms with Gasteiger partial charge in [-0.2, -0.15) is 0 Å². The lowest BCUT2D eigenvalue weighted by molar-refractivity contribution is 0.623. The summed E-state index contributed by atoms with van der Waals surface area (Å²) in [5, 5.41) is 1.49. The lowest BCUT2D eigenvalue weighted by Gasteiger charge is -2.13. The Morgan fingerprint density at radius 3 is 2.23 bits per heavy atom. The highest BCUT2D eigenvalue weighted by Gasteiger charge is 2.00. The van der Waals surface area contributed by atoms with Crippen molar-refractivity contribution in [2.45, 2.75) is 20.8 Å². The molecule has 1 aromatic rings. The zero-order valence-electron chi connectivity index (χ0n) is 8.80.